The van der Waals surface area contributed by atoms with E-state index in [2.05, 4.69) is 10.1 Å². The first-order valence-corrected chi connectivity index (χ1v) is 5.32. The van der Waals surface area contributed by atoms with Crippen LogP contribution in [0.1, 0.15) is 27.6 Å². The Kier molecular flexibility index (Phi) is 3.27. The van der Waals surface area contributed by atoms with Crippen molar-refractivity contribution in [3.63, 3.8) is 0 Å². The molecule has 6 nitrogen and oxygen atoms in total. The average molecular weight is 248 g/mol. The fourth-order valence-electron chi connectivity index (χ4n) is 1.51. The summed E-state index contributed by atoms with van der Waals surface area (Å²) in [7, 11) is 0. The largest absolute Gasteiger partial charge is 0.485 e. The monoisotopic (exact) mass is 248 g/mol. The molecule has 1 heterocycles. The zero-order chi connectivity index (χ0) is 13.1. The van der Waals surface area contributed by atoms with Crippen LogP contribution in [0.4, 0.5) is 0 Å². The van der Waals surface area contributed by atoms with Gasteiger partial charge in [0, 0.05) is 6.92 Å². The Balaban J connectivity index is 2.06. The van der Waals surface area contributed by atoms with Gasteiger partial charge in [0.15, 0.2) is 6.61 Å². The molecule has 0 aliphatic carbocycles. The molecule has 0 aliphatic heterocycles. The highest BCUT2D eigenvalue weighted by Gasteiger charge is 2.08. The molecule has 0 radical (unpaired) electrons. The van der Waals surface area contributed by atoms with Gasteiger partial charge in [-0.2, -0.15) is 4.98 Å². The molecule has 2 rings (SSSR count). The van der Waals surface area contributed by atoms with Crippen molar-refractivity contribution in [1.29, 1.82) is 0 Å². The van der Waals surface area contributed by atoms with Crippen LogP contribution >= 0.6 is 0 Å². The molecular weight excluding hydrogens is 236 g/mol. The van der Waals surface area contributed by atoms with Gasteiger partial charge < -0.3 is 14.4 Å². The molecule has 6 heteroatoms. The lowest BCUT2D eigenvalue weighted by Gasteiger charge is -2.06. The quantitative estimate of drug-likeness (QED) is 0.890. The van der Waals surface area contributed by atoms with Gasteiger partial charge in [-0.05, 0) is 30.7 Å². The van der Waals surface area contributed by atoms with Gasteiger partial charge in [-0.3, -0.25) is 0 Å². The van der Waals surface area contributed by atoms with Gasteiger partial charge in [0.2, 0.25) is 11.7 Å². The number of aromatic carboxylic acids is 1. The SMILES string of the molecule is Cc1nc(COc2ccc(C(=O)O)c(C)c2)no1. The molecular formula is C12H12N2O4. The topological polar surface area (TPSA) is 85.5 Å². The van der Waals surface area contributed by atoms with E-state index in [0.717, 1.165) is 0 Å². The Morgan fingerprint density at radius 1 is 1.44 bits per heavy atom. The second kappa shape index (κ2) is 4.87. The van der Waals surface area contributed by atoms with E-state index in [0.29, 0.717) is 23.0 Å². The van der Waals surface area contributed by atoms with Crippen molar-refractivity contribution in [2.24, 2.45) is 0 Å². The summed E-state index contributed by atoms with van der Waals surface area (Å²) in [6, 6.07) is 4.77. The maximum absolute atomic E-state index is 10.8. The third-order valence-electron chi connectivity index (χ3n) is 2.37. The van der Waals surface area contributed by atoms with Crippen LogP contribution in [-0.4, -0.2) is 21.2 Å². The molecule has 1 aromatic carbocycles. The molecule has 1 aromatic heterocycles. The van der Waals surface area contributed by atoms with E-state index >= 15 is 0 Å². The fourth-order valence-corrected chi connectivity index (χ4v) is 1.51. The van der Waals surface area contributed by atoms with Crippen molar-refractivity contribution in [3.05, 3.63) is 41.0 Å². The number of carboxylic acid groups (broad SMARTS) is 1. The average Bonchev–Trinajstić information content (AvgIpc) is 2.72. The van der Waals surface area contributed by atoms with Crippen molar-refractivity contribution < 1.29 is 19.2 Å². The molecule has 0 atom stereocenters. The molecule has 94 valence electrons. The van der Waals surface area contributed by atoms with Crippen molar-refractivity contribution in [2.45, 2.75) is 20.5 Å². The lowest BCUT2D eigenvalue weighted by atomic mass is 10.1. The van der Waals surface area contributed by atoms with Gasteiger partial charge in [-0.15, -0.1) is 0 Å². The second-order valence-electron chi connectivity index (χ2n) is 3.80. The fraction of sp³-hybridized carbons (Fsp3) is 0.250. The smallest absolute Gasteiger partial charge is 0.335 e. The van der Waals surface area contributed by atoms with Crippen molar-refractivity contribution in [1.82, 2.24) is 10.1 Å². The highest BCUT2D eigenvalue weighted by Crippen LogP contribution is 2.18. The highest BCUT2D eigenvalue weighted by atomic mass is 16.5. The van der Waals surface area contributed by atoms with E-state index < -0.39 is 5.97 Å². The van der Waals surface area contributed by atoms with Crippen LogP contribution in [0.3, 0.4) is 0 Å². The summed E-state index contributed by atoms with van der Waals surface area (Å²) < 4.78 is 10.3. The molecule has 0 unspecified atom stereocenters. The number of hydrogen-bond donors (Lipinski definition) is 1. The minimum atomic E-state index is -0.951. The molecule has 0 spiro atoms. The lowest BCUT2D eigenvalue weighted by Crippen LogP contribution is -2.01. The third kappa shape index (κ3) is 2.65. The lowest BCUT2D eigenvalue weighted by molar-refractivity contribution is 0.0696. The number of benzene rings is 1. The summed E-state index contributed by atoms with van der Waals surface area (Å²) in [4.78, 5) is 14.8. The minimum absolute atomic E-state index is 0.184. The van der Waals surface area contributed by atoms with Crippen molar-refractivity contribution in [3.8, 4) is 5.75 Å². The molecule has 0 aliphatic rings. The first-order chi connectivity index (χ1) is 8.56. The molecule has 1 N–H and O–H groups in total. The number of rotatable bonds is 4. The van der Waals surface area contributed by atoms with E-state index in [1.807, 2.05) is 0 Å². The maximum atomic E-state index is 10.8. The summed E-state index contributed by atoms with van der Waals surface area (Å²) in [6.07, 6.45) is 0. The number of carbonyl (C=O) groups is 1. The normalized spacial score (nSPS) is 10.3. The molecule has 0 fully saturated rings. The first-order valence-electron chi connectivity index (χ1n) is 5.32. The summed E-state index contributed by atoms with van der Waals surface area (Å²) in [5.74, 6) is 0.547. The van der Waals surface area contributed by atoms with Crippen LogP contribution < -0.4 is 4.74 Å². The van der Waals surface area contributed by atoms with Crippen LogP contribution in [0.25, 0.3) is 0 Å². The minimum Gasteiger partial charge on any atom is -0.485 e. The Bertz CT molecular complexity index is 577. The molecule has 0 bridgehead atoms. The zero-order valence-corrected chi connectivity index (χ0v) is 10.0. The van der Waals surface area contributed by atoms with E-state index in [9.17, 15) is 4.79 Å². The number of aryl methyl sites for hydroxylation is 2. The summed E-state index contributed by atoms with van der Waals surface area (Å²) >= 11 is 0. The van der Waals surface area contributed by atoms with E-state index in [1.165, 1.54) is 6.07 Å². The summed E-state index contributed by atoms with van der Waals surface area (Å²) in [5, 5.41) is 12.6. The van der Waals surface area contributed by atoms with Crippen LogP contribution in [0.15, 0.2) is 22.7 Å². The Labute approximate surface area is 103 Å². The van der Waals surface area contributed by atoms with Crippen molar-refractivity contribution in [2.75, 3.05) is 0 Å². The number of ether oxygens (including phenoxy) is 1. The zero-order valence-electron chi connectivity index (χ0n) is 10.0. The Morgan fingerprint density at radius 3 is 2.78 bits per heavy atom. The van der Waals surface area contributed by atoms with Gasteiger partial charge in [0.25, 0.3) is 0 Å². The van der Waals surface area contributed by atoms with Crippen LogP contribution in [0, 0.1) is 13.8 Å². The standard InChI is InChI=1S/C12H12N2O4/c1-7-5-9(3-4-10(7)12(15)16)17-6-11-13-8(2)18-14-11/h3-5H,6H2,1-2H3,(H,15,16). The van der Waals surface area contributed by atoms with Crippen LogP contribution in [0.5, 0.6) is 5.75 Å². The number of carboxylic acids is 1. The predicted octanol–water partition coefficient (Wildman–Crippen LogP) is 1.96. The van der Waals surface area contributed by atoms with Gasteiger partial charge in [-0.1, -0.05) is 5.16 Å². The number of aromatic nitrogens is 2. The van der Waals surface area contributed by atoms with E-state index in [1.54, 1.807) is 26.0 Å². The van der Waals surface area contributed by atoms with Crippen molar-refractivity contribution >= 4 is 5.97 Å². The second-order valence-corrected chi connectivity index (χ2v) is 3.80. The third-order valence-corrected chi connectivity index (χ3v) is 2.37. The van der Waals surface area contributed by atoms with Gasteiger partial charge in [0.1, 0.15) is 5.75 Å². The molecule has 2 aromatic rings. The number of nitrogens with zero attached hydrogens (tertiary/aromatic N) is 2. The Hall–Kier alpha value is -2.37. The molecule has 0 saturated carbocycles. The molecule has 0 saturated heterocycles. The van der Waals surface area contributed by atoms with E-state index in [4.69, 9.17) is 14.4 Å². The first kappa shape index (κ1) is 12.1. The van der Waals surface area contributed by atoms with E-state index in [-0.39, 0.29) is 12.2 Å². The Morgan fingerprint density at radius 2 is 2.22 bits per heavy atom. The van der Waals surface area contributed by atoms with Gasteiger partial charge in [-0.25, -0.2) is 4.79 Å². The molecule has 0 amide bonds. The summed E-state index contributed by atoms with van der Waals surface area (Å²) in [5.41, 5.74) is 0.905. The molecule has 18 heavy (non-hydrogen) atoms. The maximum Gasteiger partial charge on any atom is 0.335 e. The van der Waals surface area contributed by atoms with Gasteiger partial charge >= 0.3 is 5.97 Å². The van der Waals surface area contributed by atoms with Crippen LogP contribution in [-0.2, 0) is 6.61 Å². The number of hydrogen-bond acceptors (Lipinski definition) is 5. The predicted molar refractivity (Wildman–Crippen MR) is 61.5 cm³/mol. The highest BCUT2D eigenvalue weighted by molar-refractivity contribution is 5.89. The van der Waals surface area contributed by atoms with Crippen LogP contribution in [0.2, 0.25) is 0 Å². The summed E-state index contributed by atoms with van der Waals surface area (Å²) in [6.45, 7) is 3.60. The van der Waals surface area contributed by atoms with Gasteiger partial charge in [0.05, 0.1) is 5.56 Å².